The van der Waals surface area contributed by atoms with E-state index in [-0.39, 0.29) is 12.5 Å². The largest absolute Gasteiger partial charge is 0.457 e. The Bertz CT molecular complexity index is 817. The van der Waals surface area contributed by atoms with E-state index in [1.165, 1.54) is 0 Å². The highest BCUT2D eigenvalue weighted by Gasteiger charge is 2.24. The van der Waals surface area contributed by atoms with Gasteiger partial charge in [0.15, 0.2) is 0 Å². The summed E-state index contributed by atoms with van der Waals surface area (Å²) in [5.41, 5.74) is 1.85. The number of hydrogen-bond donors (Lipinski definition) is 1. The molecule has 1 aliphatic rings. The van der Waals surface area contributed by atoms with Gasteiger partial charge in [0.05, 0.1) is 12.2 Å². The standard InChI is InChI=1S/C24H30N2O4/c25-30-16-5-4-7-19-12-14-26(15-13-19)23(27)21-10-6-11-22(17-21)24(28)29-18-20-8-2-1-3-9-20/h1-3,6,8-11,17,19H,4-5,7,12-16,18,25H2. The number of amides is 1. The summed E-state index contributed by atoms with van der Waals surface area (Å²) < 4.78 is 5.38. The smallest absolute Gasteiger partial charge is 0.338 e. The van der Waals surface area contributed by atoms with Gasteiger partial charge in [0.25, 0.3) is 5.91 Å². The van der Waals surface area contributed by atoms with Crippen LogP contribution in [0.1, 0.15) is 58.4 Å². The number of benzene rings is 2. The van der Waals surface area contributed by atoms with Crippen LogP contribution < -0.4 is 5.90 Å². The minimum Gasteiger partial charge on any atom is -0.457 e. The molecule has 1 amide bonds. The van der Waals surface area contributed by atoms with Gasteiger partial charge in [0.2, 0.25) is 0 Å². The Kier molecular flexibility index (Phi) is 8.41. The van der Waals surface area contributed by atoms with Crippen molar-refractivity contribution in [2.75, 3.05) is 19.7 Å². The Labute approximate surface area is 177 Å². The highest BCUT2D eigenvalue weighted by molar-refractivity contribution is 5.98. The molecule has 1 heterocycles. The summed E-state index contributed by atoms with van der Waals surface area (Å²) in [5, 5.41) is 0. The van der Waals surface area contributed by atoms with Gasteiger partial charge in [-0.3, -0.25) is 4.79 Å². The fourth-order valence-corrected chi connectivity index (χ4v) is 3.81. The number of piperidine rings is 1. The number of esters is 1. The van der Waals surface area contributed by atoms with Gasteiger partial charge in [-0.25, -0.2) is 10.7 Å². The van der Waals surface area contributed by atoms with Crippen LogP contribution in [0, 0.1) is 5.92 Å². The van der Waals surface area contributed by atoms with E-state index in [0.717, 1.165) is 50.8 Å². The molecule has 30 heavy (non-hydrogen) atoms. The number of hydrogen-bond acceptors (Lipinski definition) is 5. The van der Waals surface area contributed by atoms with Crippen LogP contribution in [0.15, 0.2) is 54.6 Å². The van der Waals surface area contributed by atoms with E-state index in [4.69, 9.17) is 10.6 Å². The third kappa shape index (κ3) is 6.40. The van der Waals surface area contributed by atoms with E-state index in [9.17, 15) is 9.59 Å². The highest BCUT2D eigenvalue weighted by Crippen LogP contribution is 2.24. The summed E-state index contributed by atoms with van der Waals surface area (Å²) in [6.45, 7) is 2.31. The van der Waals surface area contributed by atoms with Crippen LogP contribution in [0.25, 0.3) is 0 Å². The molecule has 0 bridgehead atoms. The lowest BCUT2D eigenvalue weighted by Gasteiger charge is -2.32. The molecule has 6 heteroatoms. The molecule has 0 unspecified atom stereocenters. The maximum Gasteiger partial charge on any atom is 0.338 e. The average molecular weight is 411 g/mol. The molecule has 1 saturated heterocycles. The second-order valence-corrected chi connectivity index (χ2v) is 7.74. The molecule has 6 nitrogen and oxygen atoms in total. The first-order valence-corrected chi connectivity index (χ1v) is 10.6. The lowest BCUT2D eigenvalue weighted by molar-refractivity contribution is 0.0472. The van der Waals surface area contributed by atoms with Crippen molar-refractivity contribution in [2.24, 2.45) is 11.8 Å². The van der Waals surface area contributed by atoms with Crippen LogP contribution >= 0.6 is 0 Å². The van der Waals surface area contributed by atoms with Crippen molar-refractivity contribution < 1.29 is 19.2 Å². The second-order valence-electron chi connectivity index (χ2n) is 7.74. The quantitative estimate of drug-likeness (QED) is 0.384. The third-order valence-electron chi connectivity index (χ3n) is 5.58. The Morgan fingerprint density at radius 2 is 1.70 bits per heavy atom. The van der Waals surface area contributed by atoms with Gasteiger partial charge < -0.3 is 14.5 Å². The molecule has 2 aromatic carbocycles. The molecule has 0 atom stereocenters. The van der Waals surface area contributed by atoms with Crippen molar-refractivity contribution in [1.29, 1.82) is 0 Å². The molecule has 2 aromatic rings. The monoisotopic (exact) mass is 410 g/mol. The summed E-state index contributed by atoms with van der Waals surface area (Å²) in [7, 11) is 0. The van der Waals surface area contributed by atoms with E-state index in [1.54, 1.807) is 24.3 Å². The predicted octanol–water partition coefficient (Wildman–Crippen LogP) is 3.96. The second kappa shape index (κ2) is 11.5. The minimum atomic E-state index is -0.423. The van der Waals surface area contributed by atoms with Crippen LogP contribution in [0.3, 0.4) is 0 Å². The molecule has 0 saturated carbocycles. The molecular formula is C24H30N2O4. The Balaban J connectivity index is 1.50. The fraction of sp³-hybridized carbons (Fsp3) is 0.417. The highest BCUT2D eigenvalue weighted by atomic mass is 16.6. The summed E-state index contributed by atoms with van der Waals surface area (Å²) in [6, 6.07) is 16.3. The minimum absolute atomic E-state index is 0.0253. The third-order valence-corrected chi connectivity index (χ3v) is 5.58. The fourth-order valence-electron chi connectivity index (χ4n) is 3.81. The molecule has 0 aliphatic carbocycles. The van der Waals surface area contributed by atoms with Crippen molar-refractivity contribution in [3.05, 3.63) is 71.3 Å². The SMILES string of the molecule is NOCCCCC1CCN(C(=O)c2cccc(C(=O)OCc3ccccc3)c2)CC1. The molecule has 0 radical (unpaired) electrons. The maximum atomic E-state index is 12.9. The van der Waals surface area contributed by atoms with Gasteiger partial charge in [-0.1, -0.05) is 49.2 Å². The zero-order valence-corrected chi connectivity index (χ0v) is 17.3. The summed E-state index contributed by atoms with van der Waals surface area (Å²) in [6.07, 6.45) is 5.24. The Hall–Kier alpha value is -2.70. The van der Waals surface area contributed by atoms with Crippen molar-refractivity contribution in [2.45, 2.75) is 38.7 Å². The number of ether oxygens (including phenoxy) is 1. The summed E-state index contributed by atoms with van der Waals surface area (Å²) in [4.78, 5) is 31.8. The summed E-state index contributed by atoms with van der Waals surface area (Å²) in [5.74, 6) is 5.25. The Morgan fingerprint density at radius 1 is 0.967 bits per heavy atom. The van der Waals surface area contributed by atoms with Crippen LogP contribution in [-0.4, -0.2) is 36.5 Å². The number of likely N-dealkylation sites (tertiary alicyclic amines) is 1. The van der Waals surface area contributed by atoms with E-state index in [2.05, 4.69) is 4.84 Å². The average Bonchev–Trinajstić information content (AvgIpc) is 2.81. The Morgan fingerprint density at radius 3 is 2.43 bits per heavy atom. The molecule has 3 rings (SSSR count). The van der Waals surface area contributed by atoms with E-state index < -0.39 is 5.97 Å². The van der Waals surface area contributed by atoms with E-state index >= 15 is 0 Å². The number of unbranched alkanes of at least 4 members (excludes halogenated alkanes) is 1. The molecule has 2 N–H and O–H groups in total. The molecule has 1 aliphatic heterocycles. The molecule has 0 aromatic heterocycles. The van der Waals surface area contributed by atoms with E-state index in [1.807, 2.05) is 35.2 Å². The van der Waals surface area contributed by atoms with Crippen molar-refractivity contribution in [3.63, 3.8) is 0 Å². The number of rotatable bonds is 9. The maximum absolute atomic E-state index is 12.9. The zero-order valence-electron chi connectivity index (χ0n) is 17.3. The van der Waals surface area contributed by atoms with Gasteiger partial charge in [-0.05, 0) is 48.9 Å². The van der Waals surface area contributed by atoms with Gasteiger partial charge in [0.1, 0.15) is 6.61 Å². The molecule has 160 valence electrons. The first-order chi connectivity index (χ1) is 14.7. The van der Waals surface area contributed by atoms with Gasteiger partial charge in [-0.2, -0.15) is 0 Å². The van der Waals surface area contributed by atoms with Gasteiger partial charge in [-0.15, -0.1) is 0 Å². The number of nitrogens with zero attached hydrogens (tertiary/aromatic N) is 1. The van der Waals surface area contributed by atoms with Crippen molar-refractivity contribution >= 4 is 11.9 Å². The normalized spacial score (nSPS) is 14.5. The summed E-state index contributed by atoms with van der Waals surface area (Å²) >= 11 is 0. The van der Waals surface area contributed by atoms with Crippen LogP contribution in [-0.2, 0) is 16.2 Å². The predicted molar refractivity (Wildman–Crippen MR) is 115 cm³/mol. The lowest BCUT2D eigenvalue weighted by atomic mass is 9.91. The zero-order chi connectivity index (χ0) is 21.2. The number of nitrogens with two attached hydrogens (primary N) is 1. The first kappa shape index (κ1) is 22.0. The molecule has 0 spiro atoms. The van der Waals surface area contributed by atoms with Crippen molar-refractivity contribution in [1.82, 2.24) is 4.90 Å². The number of carbonyl (C=O) groups is 2. The lowest BCUT2D eigenvalue weighted by Crippen LogP contribution is -2.38. The van der Waals surface area contributed by atoms with Gasteiger partial charge >= 0.3 is 5.97 Å². The van der Waals surface area contributed by atoms with Gasteiger partial charge in [0, 0.05) is 18.7 Å². The van der Waals surface area contributed by atoms with Crippen molar-refractivity contribution in [3.8, 4) is 0 Å². The first-order valence-electron chi connectivity index (χ1n) is 10.6. The molecule has 1 fully saturated rings. The van der Waals surface area contributed by atoms with E-state index in [0.29, 0.717) is 23.7 Å². The van der Waals surface area contributed by atoms with Crippen LogP contribution in [0.4, 0.5) is 0 Å². The topological polar surface area (TPSA) is 81.9 Å². The molecular weight excluding hydrogens is 380 g/mol. The van der Waals surface area contributed by atoms with Crippen LogP contribution in [0.2, 0.25) is 0 Å². The number of carbonyl (C=O) groups excluding carboxylic acids is 2. The van der Waals surface area contributed by atoms with Crippen LogP contribution in [0.5, 0.6) is 0 Å².